The van der Waals surface area contributed by atoms with Crippen molar-refractivity contribution in [3.8, 4) is 0 Å². The van der Waals surface area contributed by atoms with E-state index in [0.717, 1.165) is 43.9 Å². The molecule has 0 atom stereocenters. The highest BCUT2D eigenvalue weighted by molar-refractivity contribution is 5.85. The largest absolute Gasteiger partial charge is 0.368 e. The summed E-state index contributed by atoms with van der Waals surface area (Å²) in [5.74, 6) is 2.71. The highest BCUT2D eigenvalue weighted by Gasteiger charge is 2.51. The fourth-order valence-corrected chi connectivity index (χ4v) is 7.23. The van der Waals surface area contributed by atoms with Gasteiger partial charge in [-0.1, -0.05) is 12.1 Å². The molecular weight excluding hydrogens is 374 g/mol. The third-order valence-corrected chi connectivity index (χ3v) is 8.14. The van der Waals surface area contributed by atoms with E-state index < -0.39 is 0 Å². The van der Waals surface area contributed by atoms with Crippen molar-refractivity contribution in [2.45, 2.75) is 51.9 Å². The van der Waals surface area contributed by atoms with E-state index in [-0.39, 0.29) is 23.8 Å². The fourth-order valence-electron chi connectivity index (χ4n) is 7.23. The molecule has 1 heterocycles. The number of carbonyl (C=O) groups is 2. The molecule has 5 nitrogen and oxygen atoms in total. The second-order valence-corrected chi connectivity index (χ2v) is 10.6. The molecule has 1 aliphatic heterocycles. The zero-order valence-corrected chi connectivity index (χ0v) is 18.2. The molecule has 0 unspecified atom stereocenters. The van der Waals surface area contributed by atoms with E-state index in [2.05, 4.69) is 41.4 Å². The van der Waals surface area contributed by atoms with Crippen LogP contribution >= 0.6 is 0 Å². The first kappa shape index (κ1) is 19.9. The summed E-state index contributed by atoms with van der Waals surface area (Å²) < 4.78 is 0. The van der Waals surface area contributed by atoms with Gasteiger partial charge in [0.05, 0.1) is 6.54 Å². The number of rotatable bonds is 5. The van der Waals surface area contributed by atoms with Crippen LogP contribution in [0.5, 0.6) is 0 Å². The van der Waals surface area contributed by atoms with Gasteiger partial charge in [-0.25, -0.2) is 0 Å². The molecule has 0 radical (unpaired) electrons. The summed E-state index contributed by atoms with van der Waals surface area (Å²) in [5, 5.41) is 2.96. The van der Waals surface area contributed by atoms with Gasteiger partial charge in [-0.2, -0.15) is 0 Å². The molecular formula is C25H35N3O2. The normalized spacial score (nSPS) is 32.4. The molecule has 5 heteroatoms. The Kier molecular flexibility index (Phi) is 5.24. The smallest absolute Gasteiger partial charge is 0.242 e. The molecule has 2 amide bonds. The number of nitrogens with zero attached hydrogens (tertiary/aromatic N) is 2. The lowest BCUT2D eigenvalue weighted by atomic mass is 9.49. The minimum absolute atomic E-state index is 0.0535. The second kappa shape index (κ2) is 7.90. The lowest BCUT2D eigenvalue weighted by Crippen LogP contribution is -2.52. The lowest BCUT2D eigenvalue weighted by Gasteiger charge is -2.56. The van der Waals surface area contributed by atoms with Crippen LogP contribution in [0.1, 0.15) is 50.5 Å². The number of piperazine rings is 1. The average molecular weight is 410 g/mol. The van der Waals surface area contributed by atoms with Crippen molar-refractivity contribution in [3.05, 3.63) is 29.8 Å². The number of carbonyl (C=O) groups excluding carboxylic acids is 2. The number of amides is 2. The summed E-state index contributed by atoms with van der Waals surface area (Å²) in [4.78, 5) is 29.6. The predicted octanol–water partition coefficient (Wildman–Crippen LogP) is 3.37. The molecule has 4 saturated carbocycles. The highest BCUT2D eigenvalue weighted by atomic mass is 16.2. The lowest BCUT2D eigenvalue weighted by molar-refractivity contribution is -0.135. The van der Waals surface area contributed by atoms with E-state index in [9.17, 15) is 9.59 Å². The summed E-state index contributed by atoms with van der Waals surface area (Å²) in [5.41, 5.74) is 2.72. The Morgan fingerprint density at radius 3 is 2.23 bits per heavy atom. The van der Waals surface area contributed by atoms with E-state index >= 15 is 0 Å². The minimum Gasteiger partial charge on any atom is -0.368 e. The van der Waals surface area contributed by atoms with Crippen molar-refractivity contribution in [1.82, 2.24) is 10.2 Å². The second-order valence-electron chi connectivity index (χ2n) is 10.6. The van der Waals surface area contributed by atoms with Gasteiger partial charge in [0.25, 0.3) is 0 Å². The molecule has 30 heavy (non-hydrogen) atoms. The van der Waals surface area contributed by atoms with Crippen LogP contribution in [-0.2, 0) is 9.59 Å². The van der Waals surface area contributed by atoms with Crippen molar-refractivity contribution >= 4 is 17.5 Å². The maximum absolute atomic E-state index is 12.7. The minimum atomic E-state index is 0.0535. The Labute approximate surface area is 180 Å². The fraction of sp³-hybridized carbons (Fsp3) is 0.680. The van der Waals surface area contributed by atoms with Crippen LogP contribution in [0.15, 0.2) is 24.3 Å². The zero-order valence-electron chi connectivity index (χ0n) is 18.2. The van der Waals surface area contributed by atoms with Gasteiger partial charge in [0.1, 0.15) is 0 Å². The number of benzene rings is 1. The number of hydrogen-bond donors (Lipinski definition) is 1. The summed E-state index contributed by atoms with van der Waals surface area (Å²) in [7, 11) is 0. The van der Waals surface area contributed by atoms with Crippen molar-refractivity contribution < 1.29 is 9.59 Å². The van der Waals surface area contributed by atoms with Gasteiger partial charge in [0.2, 0.25) is 11.8 Å². The third-order valence-electron chi connectivity index (χ3n) is 8.14. The van der Waals surface area contributed by atoms with Gasteiger partial charge < -0.3 is 15.1 Å². The van der Waals surface area contributed by atoms with Crippen molar-refractivity contribution in [1.29, 1.82) is 0 Å². The molecule has 0 spiro atoms. The van der Waals surface area contributed by atoms with E-state index in [0.29, 0.717) is 6.42 Å². The van der Waals surface area contributed by atoms with Gasteiger partial charge in [-0.15, -0.1) is 0 Å². The first-order valence-electron chi connectivity index (χ1n) is 11.8. The summed E-state index contributed by atoms with van der Waals surface area (Å²) in [6.07, 6.45) is 8.53. The maximum atomic E-state index is 12.7. The predicted molar refractivity (Wildman–Crippen MR) is 118 cm³/mol. The van der Waals surface area contributed by atoms with Gasteiger partial charge in [-0.3, -0.25) is 9.59 Å². The van der Waals surface area contributed by atoms with E-state index in [1.54, 1.807) is 0 Å². The number of anilines is 1. The molecule has 1 N–H and O–H groups in total. The molecule has 1 aromatic carbocycles. The van der Waals surface area contributed by atoms with Crippen molar-refractivity contribution in [2.24, 2.45) is 23.2 Å². The van der Waals surface area contributed by atoms with Crippen molar-refractivity contribution in [2.75, 3.05) is 37.6 Å². The number of nitrogens with one attached hydrogen (secondary N) is 1. The van der Waals surface area contributed by atoms with Crippen LogP contribution in [0.4, 0.5) is 5.69 Å². The Hall–Kier alpha value is -2.04. The first-order chi connectivity index (χ1) is 14.5. The molecule has 1 aromatic rings. The van der Waals surface area contributed by atoms with E-state index in [4.69, 9.17) is 0 Å². The average Bonchev–Trinajstić information content (AvgIpc) is 2.71. The molecule has 4 bridgehead atoms. The van der Waals surface area contributed by atoms with E-state index in [1.807, 2.05) is 4.90 Å². The van der Waals surface area contributed by atoms with Gasteiger partial charge in [-0.05, 0) is 86.3 Å². The van der Waals surface area contributed by atoms with Crippen LogP contribution in [0.25, 0.3) is 0 Å². The van der Waals surface area contributed by atoms with E-state index in [1.165, 1.54) is 49.8 Å². The van der Waals surface area contributed by atoms with Crippen LogP contribution in [-0.4, -0.2) is 49.4 Å². The monoisotopic (exact) mass is 409 g/mol. The molecule has 4 aliphatic carbocycles. The molecule has 162 valence electrons. The maximum Gasteiger partial charge on any atom is 0.242 e. The molecule has 0 aromatic heterocycles. The zero-order chi connectivity index (χ0) is 20.7. The molecule has 5 fully saturated rings. The molecule has 6 rings (SSSR count). The Balaban J connectivity index is 1.08. The number of aryl methyl sites for hydroxylation is 1. The SMILES string of the molecule is Cc1cccc(N2CCN(C(=O)CNC(=O)CC34CC5CC(CC(C5)C3)C4)CC2)c1. The van der Waals surface area contributed by atoms with Gasteiger partial charge >= 0.3 is 0 Å². The van der Waals surface area contributed by atoms with Gasteiger partial charge in [0.15, 0.2) is 0 Å². The quantitative estimate of drug-likeness (QED) is 0.811. The molecule has 5 aliphatic rings. The number of hydrogen-bond acceptors (Lipinski definition) is 3. The third kappa shape index (κ3) is 4.08. The highest BCUT2D eigenvalue weighted by Crippen LogP contribution is 2.61. The van der Waals surface area contributed by atoms with Crippen molar-refractivity contribution in [3.63, 3.8) is 0 Å². The Bertz CT molecular complexity index is 777. The summed E-state index contributed by atoms with van der Waals surface area (Å²) >= 11 is 0. The topological polar surface area (TPSA) is 52.6 Å². The Morgan fingerprint density at radius 2 is 1.63 bits per heavy atom. The van der Waals surface area contributed by atoms with Gasteiger partial charge in [0, 0.05) is 38.3 Å². The first-order valence-corrected chi connectivity index (χ1v) is 11.8. The standard InChI is InChI=1S/C25H35N3O2/c1-18-3-2-4-22(9-18)27-5-7-28(8-6-27)24(30)17-26-23(29)16-25-13-19-10-20(14-25)12-21(11-19)15-25/h2-4,9,19-21H,5-8,10-17H2,1H3,(H,26,29). The van der Waals surface area contributed by atoms with Crippen LogP contribution in [0.3, 0.4) is 0 Å². The van der Waals surface area contributed by atoms with Crippen LogP contribution in [0, 0.1) is 30.1 Å². The Morgan fingerprint density at radius 1 is 1.00 bits per heavy atom. The molecule has 1 saturated heterocycles. The van der Waals surface area contributed by atoms with Crippen LogP contribution < -0.4 is 10.2 Å². The van der Waals surface area contributed by atoms with Crippen LogP contribution in [0.2, 0.25) is 0 Å². The summed E-state index contributed by atoms with van der Waals surface area (Å²) in [6.45, 7) is 5.38. The summed E-state index contributed by atoms with van der Waals surface area (Å²) in [6, 6.07) is 8.52.